The van der Waals surface area contributed by atoms with Gasteiger partial charge in [-0.2, -0.15) is 0 Å². The summed E-state index contributed by atoms with van der Waals surface area (Å²) in [6, 6.07) is 2.38. The van der Waals surface area contributed by atoms with E-state index in [9.17, 15) is 24.3 Å². The van der Waals surface area contributed by atoms with Crippen LogP contribution < -0.4 is 0 Å². The molecule has 202 valence electrons. The molecule has 0 aromatic heterocycles. The minimum absolute atomic E-state index is 0.0183. The van der Waals surface area contributed by atoms with E-state index in [0.29, 0.717) is 65.4 Å². The zero-order valence-corrected chi connectivity index (χ0v) is 21.1. The number of nitrogens with zero attached hydrogens (tertiary/aromatic N) is 2. The van der Waals surface area contributed by atoms with Crippen LogP contribution in [0.25, 0.3) is 0 Å². The number of aldehydes is 2. The van der Waals surface area contributed by atoms with Crippen LogP contribution in [0.5, 0.6) is 0 Å². The van der Waals surface area contributed by atoms with E-state index >= 15 is 0 Å². The van der Waals surface area contributed by atoms with Gasteiger partial charge in [0, 0.05) is 38.9 Å². The number of carbonyl (C=O) groups is 4. The number of amides is 2. The van der Waals surface area contributed by atoms with E-state index in [1.165, 1.54) is 31.1 Å². The van der Waals surface area contributed by atoms with Gasteiger partial charge in [0.15, 0.2) is 12.6 Å². The highest BCUT2D eigenvalue weighted by atomic mass is 16.6. The molecule has 12 heteroatoms. The molecule has 2 amide bonds. The summed E-state index contributed by atoms with van der Waals surface area (Å²) in [5.41, 5.74) is -0.180. The zero-order chi connectivity index (χ0) is 26.8. The van der Waals surface area contributed by atoms with E-state index in [-0.39, 0.29) is 35.4 Å². The van der Waals surface area contributed by atoms with Crippen molar-refractivity contribution in [3.63, 3.8) is 0 Å². The molecule has 0 saturated carbocycles. The quantitative estimate of drug-likeness (QED) is 0.145. The topological polar surface area (TPSA) is 141 Å². The van der Waals surface area contributed by atoms with Crippen LogP contribution in [-0.4, -0.2) is 133 Å². The lowest BCUT2D eigenvalue weighted by Crippen LogP contribution is -2.32. The molecule has 1 aromatic carbocycles. The third kappa shape index (κ3) is 10.9. The minimum atomic E-state index is -0.655. The van der Waals surface area contributed by atoms with Gasteiger partial charge in [0.2, 0.25) is 0 Å². The molecule has 1 aromatic rings. The van der Waals surface area contributed by atoms with Crippen molar-refractivity contribution in [1.29, 1.82) is 0 Å². The average molecular weight is 513 g/mol. The SMILES string of the molecule is COCCOCCOCCOCCOCCN(C)C(=O)c1cc(C(=O)N(C)CO)c(C=O)cc1C=O. The lowest BCUT2D eigenvalue weighted by atomic mass is 9.97. The maximum Gasteiger partial charge on any atom is 0.256 e. The number of hydrogen-bond donors (Lipinski definition) is 1. The maximum absolute atomic E-state index is 12.9. The van der Waals surface area contributed by atoms with Gasteiger partial charge in [-0.05, 0) is 12.1 Å². The Balaban J connectivity index is 2.42. The first-order valence-electron chi connectivity index (χ1n) is 11.4. The molecule has 0 fully saturated rings. The Bertz CT molecular complexity index is 833. The summed E-state index contributed by atoms with van der Waals surface area (Å²) in [5, 5.41) is 9.20. The molecule has 12 nitrogen and oxygen atoms in total. The number of likely N-dealkylation sites (N-methyl/N-ethyl adjacent to an activating group) is 1. The molecule has 0 unspecified atom stereocenters. The van der Waals surface area contributed by atoms with Crippen LogP contribution in [0, 0.1) is 0 Å². The molecule has 0 aliphatic heterocycles. The smallest absolute Gasteiger partial charge is 0.256 e. The van der Waals surface area contributed by atoms with Crippen molar-refractivity contribution in [3.8, 4) is 0 Å². The number of aliphatic hydroxyl groups excluding tert-OH is 1. The van der Waals surface area contributed by atoms with Crippen LogP contribution in [0.15, 0.2) is 12.1 Å². The predicted octanol–water partition coefficient (Wildman–Crippen LogP) is 0.118. The number of ether oxygens (including phenoxy) is 5. The van der Waals surface area contributed by atoms with Crippen molar-refractivity contribution in [3.05, 3.63) is 34.4 Å². The fourth-order valence-corrected chi connectivity index (χ4v) is 2.88. The molecule has 0 aliphatic rings. The Kier molecular flexibility index (Phi) is 16.1. The minimum Gasteiger partial charge on any atom is -0.382 e. The third-order valence-corrected chi connectivity index (χ3v) is 4.96. The first-order valence-corrected chi connectivity index (χ1v) is 11.4. The van der Waals surface area contributed by atoms with Gasteiger partial charge >= 0.3 is 0 Å². The van der Waals surface area contributed by atoms with E-state index in [1.54, 1.807) is 7.11 Å². The first-order chi connectivity index (χ1) is 17.4. The van der Waals surface area contributed by atoms with E-state index in [2.05, 4.69) is 0 Å². The van der Waals surface area contributed by atoms with Crippen molar-refractivity contribution in [1.82, 2.24) is 9.80 Å². The van der Waals surface area contributed by atoms with E-state index in [1.807, 2.05) is 0 Å². The van der Waals surface area contributed by atoms with Crippen molar-refractivity contribution in [2.45, 2.75) is 0 Å². The van der Waals surface area contributed by atoms with Crippen LogP contribution in [0.1, 0.15) is 41.4 Å². The van der Waals surface area contributed by atoms with Gasteiger partial charge < -0.3 is 38.6 Å². The second kappa shape index (κ2) is 18.5. The normalized spacial score (nSPS) is 10.8. The summed E-state index contributed by atoms with van der Waals surface area (Å²) < 4.78 is 26.4. The maximum atomic E-state index is 12.9. The summed E-state index contributed by atoms with van der Waals surface area (Å²) in [4.78, 5) is 50.6. The number of benzene rings is 1. The highest BCUT2D eigenvalue weighted by Crippen LogP contribution is 2.18. The third-order valence-electron chi connectivity index (χ3n) is 4.96. The largest absolute Gasteiger partial charge is 0.382 e. The van der Waals surface area contributed by atoms with Crippen LogP contribution >= 0.6 is 0 Å². The molecule has 0 saturated heterocycles. The van der Waals surface area contributed by atoms with Gasteiger partial charge in [-0.3, -0.25) is 19.2 Å². The molecule has 0 atom stereocenters. The average Bonchev–Trinajstić information content (AvgIpc) is 2.90. The highest BCUT2D eigenvalue weighted by Gasteiger charge is 2.23. The Labute approximate surface area is 211 Å². The Morgan fingerprint density at radius 2 is 1.14 bits per heavy atom. The van der Waals surface area contributed by atoms with Crippen molar-refractivity contribution >= 4 is 24.4 Å². The van der Waals surface area contributed by atoms with E-state index < -0.39 is 18.5 Å². The molecular weight excluding hydrogens is 476 g/mol. The summed E-state index contributed by atoms with van der Waals surface area (Å²) >= 11 is 0. The lowest BCUT2D eigenvalue weighted by Gasteiger charge is -2.20. The van der Waals surface area contributed by atoms with Crippen molar-refractivity contribution in [2.75, 3.05) is 93.9 Å². The molecule has 1 N–H and O–H groups in total. The molecular formula is C24H36N2O10. The standard InChI is InChI=1S/C24H36N2O10/c1-25(4-5-33-8-9-35-12-13-36-11-10-34-7-6-32-3)23(30)21-15-22(24(31)26(2)18-29)20(17-28)14-19(21)16-27/h14-17,29H,4-13,18H2,1-3H3. The fraction of sp³-hybridized carbons (Fsp3) is 0.583. The lowest BCUT2D eigenvalue weighted by molar-refractivity contribution is -0.00869. The summed E-state index contributed by atoms with van der Waals surface area (Å²) in [5.74, 6) is -1.17. The number of aliphatic hydroxyl groups is 1. The number of rotatable bonds is 20. The summed E-state index contributed by atoms with van der Waals surface area (Å²) in [6.45, 7) is 3.44. The fourth-order valence-electron chi connectivity index (χ4n) is 2.88. The monoisotopic (exact) mass is 512 g/mol. The zero-order valence-electron chi connectivity index (χ0n) is 21.1. The number of methoxy groups -OCH3 is 1. The van der Waals surface area contributed by atoms with Gasteiger partial charge in [-0.1, -0.05) is 0 Å². The Morgan fingerprint density at radius 3 is 1.56 bits per heavy atom. The molecule has 0 aliphatic carbocycles. The molecule has 0 bridgehead atoms. The van der Waals surface area contributed by atoms with Gasteiger partial charge in [-0.25, -0.2) is 0 Å². The summed E-state index contributed by atoms with van der Waals surface area (Å²) in [6.07, 6.45) is 0.869. The van der Waals surface area contributed by atoms with Crippen LogP contribution in [0.4, 0.5) is 0 Å². The van der Waals surface area contributed by atoms with Crippen LogP contribution in [0.3, 0.4) is 0 Å². The molecule has 0 heterocycles. The second-order valence-corrected chi connectivity index (χ2v) is 7.58. The molecule has 1 rings (SSSR count). The van der Waals surface area contributed by atoms with Gasteiger partial charge in [0.1, 0.15) is 6.73 Å². The summed E-state index contributed by atoms with van der Waals surface area (Å²) in [7, 11) is 4.48. The van der Waals surface area contributed by atoms with Gasteiger partial charge in [-0.15, -0.1) is 0 Å². The van der Waals surface area contributed by atoms with Crippen molar-refractivity contribution in [2.24, 2.45) is 0 Å². The van der Waals surface area contributed by atoms with E-state index in [0.717, 1.165) is 4.90 Å². The number of carbonyl (C=O) groups excluding carboxylic acids is 4. The highest BCUT2D eigenvalue weighted by molar-refractivity contribution is 6.08. The molecule has 0 radical (unpaired) electrons. The predicted molar refractivity (Wildman–Crippen MR) is 129 cm³/mol. The van der Waals surface area contributed by atoms with Gasteiger partial charge in [0.05, 0.1) is 70.6 Å². The Hall–Kier alpha value is -2.74. The molecule has 36 heavy (non-hydrogen) atoms. The van der Waals surface area contributed by atoms with Crippen LogP contribution in [-0.2, 0) is 23.7 Å². The second-order valence-electron chi connectivity index (χ2n) is 7.58. The van der Waals surface area contributed by atoms with E-state index in [4.69, 9.17) is 23.7 Å². The number of hydrogen-bond acceptors (Lipinski definition) is 10. The van der Waals surface area contributed by atoms with Gasteiger partial charge in [0.25, 0.3) is 11.8 Å². The Morgan fingerprint density at radius 1 is 0.722 bits per heavy atom. The first kappa shape index (κ1) is 31.3. The molecule has 0 spiro atoms. The van der Waals surface area contributed by atoms with Crippen molar-refractivity contribution < 1.29 is 48.0 Å². The van der Waals surface area contributed by atoms with Crippen LogP contribution in [0.2, 0.25) is 0 Å².